The van der Waals surface area contributed by atoms with Crippen molar-refractivity contribution in [2.24, 2.45) is 0 Å². The Morgan fingerprint density at radius 3 is 2.61 bits per heavy atom. The number of hydrogen-bond acceptors (Lipinski definition) is 4. The Labute approximate surface area is 107 Å². The van der Waals surface area contributed by atoms with Crippen LogP contribution in [-0.4, -0.2) is 43.1 Å². The third-order valence-electron chi connectivity index (χ3n) is 3.67. The molecule has 94 valence electrons. The summed E-state index contributed by atoms with van der Waals surface area (Å²) in [6.07, 6.45) is 3.69. The van der Waals surface area contributed by atoms with Gasteiger partial charge in [0.15, 0.2) is 0 Å². The largest absolute Gasteiger partial charge is 0.398 e. The van der Waals surface area contributed by atoms with E-state index in [9.17, 15) is 0 Å². The summed E-state index contributed by atoms with van der Waals surface area (Å²) in [5, 5.41) is 2.25. The average Bonchev–Trinajstić information content (AvgIpc) is 2.41. The van der Waals surface area contributed by atoms with Gasteiger partial charge in [-0.15, -0.1) is 0 Å². The number of piperazine rings is 1. The zero-order valence-electron chi connectivity index (χ0n) is 10.6. The van der Waals surface area contributed by atoms with Crippen LogP contribution in [0.1, 0.15) is 0 Å². The van der Waals surface area contributed by atoms with Crippen molar-refractivity contribution < 1.29 is 0 Å². The Morgan fingerprint density at radius 1 is 1.06 bits per heavy atom. The molecular formula is C14H18N4. The summed E-state index contributed by atoms with van der Waals surface area (Å²) < 4.78 is 0. The topological polar surface area (TPSA) is 45.4 Å². The summed E-state index contributed by atoms with van der Waals surface area (Å²) in [7, 11) is 2.17. The predicted molar refractivity (Wildman–Crippen MR) is 75.9 cm³/mol. The number of pyridine rings is 1. The molecule has 2 heterocycles. The average molecular weight is 242 g/mol. The van der Waals surface area contributed by atoms with Gasteiger partial charge in [-0.2, -0.15) is 0 Å². The smallest absolute Gasteiger partial charge is 0.0449 e. The maximum absolute atomic E-state index is 6.01. The van der Waals surface area contributed by atoms with Crippen molar-refractivity contribution in [3.8, 4) is 0 Å². The number of aromatic nitrogens is 1. The fourth-order valence-corrected chi connectivity index (χ4v) is 2.52. The Balaban J connectivity index is 2.04. The molecule has 1 aliphatic heterocycles. The molecule has 0 radical (unpaired) electrons. The lowest BCUT2D eigenvalue weighted by Gasteiger charge is -2.34. The van der Waals surface area contributed by atoms with Crippen molar-refractivity contribution in [2.75, 3.05) is 43.9 Å². The minimum atomic E-state index is 0.802. The monoisotopic (exact) mass is 242 g/mol. The molecule has 2 aromatic rings. The number of hydrogen-bond donors (Lipinski definition) is 1. The SMILES string of the molecule is CN1CCN(c2ccc(N)c3cnccc23)CC1. The molecule has 0 saturated carbocycles. The molecule has 1 aromatic heterocycles. The molecule has 0 unspecified atom stereocenters. The normalized spacial score (nSPS) is 17.3. The molecule has 0 spiro atoms. The van der Waals surface area contributed by atoms with E-state index in [0.717, 1.165) is 37.3 Å². The molecule has 0 aliphatic carbocycles. The van der Waals surface area contributed by atoms with E-state index in [0.29, 0.717) is 0 Å². The van der Waals surface area contributed by atoms with Gasteiger partial charge in [-0.3, -0.25) is 4.98 Å². The fraction of sp³-hybridized carbons (Fsp3) is 0.357. The van der Waals surface area contributed by atoms with Crippen molar-refractivity contribution in [2.45, 2.75) is 0 Å². The van der Waals surface area contributed by atoms with Crippen molar-refractivity contribution in [1.82, 2.24) is 9.88 Å². The molecule has 3 rings (SSSR count). The summed E-state index contributed by atoms with van der Waals surface area (Å²) in [6, 6.07) is 6.17. The van der Waals surface area contributed by atoms with E-state index in [4.69, 9.17) is 5.73 Å². The second-order valence-electron chi connectivity index (χ2n) is 4.89. The number of nitrogen functional groups attached to an aromatic ring is 1. The Morgan fingerprint density at radius 2 is 1.83 bits per heavy atom. The maximum atomic E-state index is 6.01. The van der Waals surface area contributed by atoms with Crippen molar-refractivity contribution in [1.29, 1.82) is 0 Å². The van der Waals surface area contributed by atoms with E-state index in [-0.39, 0.29) is 0 Å². The van der Waals surface area contributed by atoms with Crippen LogP contribution in [0.25, 0.3) is 10.8 Å². The van der Waals surface area contributed by atoms with E-state index in [1.54, 1.807) is 0 Å². The van der Waals surface area contributed by atoms with Gasteiger partial charge in [0.1, 0.15) is 0 Å². The predicted octanol–water partition coefficient (Wildman–Crippen LogP) is 1.57. The van der Waals surface area contributed by atoms with Crippen LogP contribution in [0.2, 0.25) is 0 Å². The van der Waals surface area contributed by atoms with Gasteiger partial charge < -0.3 is 15.5 Å². The summed E-state index contributed by atoms with van der Waals surface area (Å²) in [5.74, 6) is 0. The van der Waals surface area contributed by atoms with Crippen LogP contribution < -0.4 is 10.6 Å². The molecular weight excluding hydrogens is 224 g/mol. The van der Waals surface area contributed by atoms with Crippen LogP contribution in [0, 0.1) is 0 Å². The first-order valence-electron chi connectivity index (χ1n) is 6.31. The lowest BCUT2D eigenvalue weighted by atomic mass is 10.1. The zero-order chi connectivity index (χ0) is 12.5. The third-order valence-corrected chi connectivity index (χ3v) is 3.67. The fourth-order valence-electron chi connectivity index (χ4n) is 2.52. The van der Waals surface area contributed by atoms with Crippen molar-refractivity contribution in [3.05, 3.63) is 30.6 Å². The van der Waals surface area contributed by atoms with Crippen LogP contribution >= 0.6 is 0 Å². The second kappa shape index (κ2) is 4.46. The zero-order valence-corrected chi connectivity index (χ0v) is 10.6. The number of likely N-dealkylation sites (N-methyl/N-ethyl adjacent to an activating group) is 1. The van der Waals surface area contributed by atoms with Crippen molar-refractivity contribution in [3.63, 3.8) is 0 Å². The number of rotatable bonds is 1. The highest BCUT2D eigenvalue weighted by Gasteiger charge is 2.16. The first kappa shape index (κ1) is 11.3. The van der Waals surface area contributed by atoms with E-state index >= 15 is 0 Å². The van der Waals surface area contributed by atoms with Crippen LogP contribution in [0.3, 0.4) is 0 Å². The van der Waals surface area contributed by atoms with Crippen LogP contribution in [0.5, 0.6) is 0 Å². The summed E-state index contributed by atoms with van der Waals surface area (Å²) in [5.41, 5.74) is 8.08. The van der Waals surface area contributed by atoms with Gasteiger partial charge >= 0.3 is 0 Å². The van der Waals surface area contributed by atoms with Gasteiger partial charge in [-0.25, -0.2) is 0 Å². The van der Waals surface area contributed by atoms with E-state index < -0.39 is 0 Å². The molecule has 0 amide bonds. The number of nitrogens with two attached hydrogens (primary N) is 1. The number of anilines is 2. The standard InChI is InChI=1S/C14H18N4/c1-17-6-8-18(9-7-17)14-3-2-13(15)12-10-16-5-4-11(12)14/h2-5,10H,6-9,15H2,1H3. The molecule has 0 atom stereocenters. The molecule has 18 heavy (non-hydrogen) atoms. The molecule has 1 saturated heterocycles. The van der Waals surface area contributed by atoms with Crippen LogP contribution in [-0.2, 0) is 0 Å². The van der Waals surface area contributed by atoms with Gasteiger partial charge in [-0.05, 0) is 25.2 Å². The van der Waals surface area contributed by atoms with E-state index in [1.807, 2.05) is 18.5 Å². The third kappa shape index (κ3) is 1.88. The lowest BCUT2D eigenvalue weighted by Crippen LogP contribution is -2.44. The molecule has 4 nitrogen and oxygen atoms in total. The Kier molecular flexibility index (Phi) is 2.80. The first-order chi connectivity index (χ1) is 8.75. The lowest BCUT2D eigenvalue weighted by molar-refractivity contribution is 0.313. The molecule has 1 aromatic carbocycles. The summed E-state index contributed by atoms with van der Waals surface area (Å²) >= 11 is 0. The van der Waals surface area contributed by atoms with Gasteiger partial charge in [-0.1, -0.05) is 0 Å². The maximum Gasteiger partial charge on any atom is 0.0449 e. The van der Waals surface area contributed by atoms with Gasteiger partial charge in [0, 0.05) is 60.7 Å². The minimum Gasteiger partial charge on any atom is -0.398 e. The van der Waals surface area contributed by atoms with Gasteiger partial charge in [0.25, 0.3) is 0 Å². The van der Waals surface area contributed by atoms with Gasteiger partial charge in [0.2, 0.25) is 0 Å². The first-order valence-corrected chi connectivity index (χ1v) is 6.31. The van der Waals surface area contributed by atoms with Crippen molar-refractivity contribution >= 4 is 22.1 Å². The highest BCUT2D eigenvalue weighted by atomic mass is 15.2. The molecule has 0 bridgehead atoms. The molecule has 2 N–H and O–H groups in total. The van der Waals surface area contributed by atoms with Crippen LogP contribution in [0.15, 0.2) is 30.6 Å². The number of nitrogens with zero attached hydrogens (tertiary/aromatic N) is 3. The summed E-state index contributed by atoms with van der Waals surface area (Å²) in [6.45, 7) is 4.35. The quantitative estimate of drug-likeness (QED) is 0.771. The van der Waals surface area contributed by atoms with Gasteiger partial charge in [0.05, 0.1) is 0 Å². The number of fused-ring (bicyclic) bond motifs is 1. The Hall–Kier alpha value is -1.81. The highest BCUT2D eigenvalue weighted by molar-refractivity contribution is 6.00. The Bertz CT molecular complexity index is 559. The summed E-state index contributed by atoms with van der Waals surface area (Å²) in [4.78, 5) is 8.96. The molecule has 4 heteroatoms. The van der Waals surface area contributed by atoms with E-state index in [1.165, 1.54) is 11.1 Å². The second-order valence-corrected chi connectivity index (χ2v) is 4.89. The number of benzene rings is 1. The molecule has 1 fully saturated rings. The van der Waals surface area contributed by atoms with Crippen LogP contribution in [0.4, 0.5) is 11.4 Å². The highest BCUT2D eigenvalue weighted by Crippen LogP contribution is 2.30. The minimum absolute atomic E-state index is 0.802. The molecule has 1 aliphatic rings. The van der Waals surface area contributed by atoms with E-state index in [2.05, 4.69) is 34.0 Å².